The average Bonchev–Trinajstić information content (AvgIpc) is 2.96. The molecule has 0 atom stereocenters. The van der Waals surface area contributed by atoms with Crippen LogP contribution in [0.4, 0.5) is 0 Å². The molecule has 4 aromatic rings. The predicted octanol–water partition coefficient (Wildman–Crippen LogP) is 6.51. The van der Waals surface area contributed by atoms with Crippen molar-refractivity contribution in [2.45, 2.75) is 0 Å². The monoisotopic (exact) mass is 586 g/mol. The molecule has 0 radical (unpaired) electrons. The van der Waals surface area contributed by atoms with Crippen LogP contribution in [-0.4, -0.2) is 10.4 Å². The number of hydrogen-bond acceptors (Lipinski definition) is 8. The van der Waals surface area contributed by atoms with Crippen molar-refractivity contribution < 1.29 is 30.8 Å². The van der Waals surface area contributed by atoms with Crippen LogP contribution in [0.25, 0.3) is 22.8 Å². The third-order valence-corrected chi connectivity index (χ3v) is 5.10. The summed E-state index contributed by atoms with van der Waals surface area (Å²) in [6, 6.07) is 36.1. The Morgan fingerprint density at radius 3 is 0.919 bits per heavy atom. The smallest absolute Gasteiger partial charge is 0.141 e. The molecule has 37 heavy (non-hydrogen) atoms. The van der Waals surface area contributed by atoms with Gasteiger partial charge in [0.2, 0.25) is 0 Å². The molecule has 0 aliphatic rings. The quantitative estimate of drug-likeness (QED) is 0.0807. The molecule has 0 spiro atoms. The van der Waals surface area contributed by atoms with Crippen LogP contribution in [0.2, 0.25) is 0 Å². The fourth-order valence-electron chi connectivity index (χ4n) is 3.40. The summed E-state index contributed by atoms with van der Waals surface area (Å²) in [4.78, 5) is 22.0. The van der Waals surface area contributed by atoms with Gasteiger partial charge in [-0.05, 0) is 10.4 Å². The van der Waals surface area contributed by atoms with Crippen molar-refractivity contribution in [2.24, 2.45) is 10.4 Å². The van der Waals surface area contributed by atoms with Gasteiger partial charge in [-0.1, -0.05) is 121 Å². The van der Waals surface area contributed by atoms with Crippen molar-refractivity contribution in [3.63, 3.8) is 0 Å². The van der Waals surface area contributed by atoms with E-state index in [2.05, 4.69) is 21.3 Å². The minimum atomic E-state index is 0. The van der Waals surface area contributed by atoms with Crippen LogP contribution in [0.15, 0.2) is 132 Å². The zero-order chi connectivity index (χ0) is 25.6. The van der Waals surface area contributed by atoms with Crippen molar-refractivity contribution >= 4 is 22.8 Å². The molecule has 0 unspecified atom stereocenters. The van der Waals surface area contributed by atoms with E-state index in [0.717, 1.165) is 0 Å². The fourth-order valence-corrected chi connectivity index (χ4v) is 3.40. The zero-order valence-electron chi connectivity index (χ0n) is 19.5. The number of benzene rings is 4. The minimum absolute atomic E-state index is 0. The summed E-state index contributed by atoms with van der Waals surface area (Å²) in [6.45, 7) is 0. The number of nitroso groups, excluding NO2 is 2. The summed E-state index contributed by atoms with van der Waals surface area (Å²) in [5.74, 6) is 0. The molecule has 0 aliphatic heterocycles. The van der Waals surface area contributed by atoms with Crippen LogP contribution in [0, 0.1) is 9.81 Å². The molecule has 0 aromatic heterocycles. The Morgan fingerprint density at radius 2 is 0.703 bits per heavy atom. The van der Waals surface area contributed by atoms with E-state index in [0.29, 0.717) is 22.3 Å². The number of nitrogens with one attached hydrogen (secondary N) is 2. The van der Waals surface area contributed by atoms with E-state index in [4.69, 9.17) is 0 Å². The molecule has 0 fully saturated rings. The molecule has 4 rings (SSSR count). The Balaban J connectivity index is 0.000000253. The average molecular weight is 587 g/mol. The third-order valence-electron chi connectivity index (χ3n) is 5.10. The molecular weight excluding hydrogens is 563 g/mol. The number of hydrogen-bond donors (Lipinski definition) is 4. The van der Waals surface area contributed by atoms with Gasteiger partial charge in [0.15, 0.2) is 0 Å². The summed E-state index contributed by atoms with van der Waals surface area (Å²) < 4.78 is 0. The maximum Gasteiger partial charge on any atom is 0.141 e. The van der Waals surface area contributed by atoms with E-state index in [9.17, 15) is 20.2 Å². The molecule has 8 nitrogen and oxygen atoms in total. The van der Waals surface area contributed by atoms with Gasteiger partial charge < -0.3 is 0 Å². The van der Waals surface area contributed by atoms with Crippen LogP contribution < -0.4 is 11.0 Å². The van der Waals surface area contributed by atoms with Crippen LogP contribution >= 0.6 is 0 Å². The molecule has 0 saturated heterocycles. The topological polar surface area (TPSA) is 123 Å². The largest absolute Gasteiger partial charge is 0.291 e. The van der Waals surface area contributed by atoms with E-state index >= 15 is 0 Å². The Labute approximate surface area is 227 Å². The minimum Gasteiger partial charge on any atom is -0.291 e. The first-order valence-corrected chi connectivity index (χ1v) is 10.9. The summed E-state index contributed by atoms with van der Waals surface area (Å²) in [5, 5.41) is 24.5. The number of hydroxylamine groups is 2. The maximum atomic E-state index is 11.0. The molecule has 9 heteroatoms. The van der Waals surface area contributed by atoms with Gasteiger partial charge in [0.1, 0.15) is 11.4 Å². The Bertz CT molecular complexity index is 1210. The summed E-state index contributed by atoms with van der Waals surface area (Å²) in [5.41, 5.74) is 7.70. The Morgan fingerprint density at radius 1 is 0.459 bits per heavy atom. The maximum absolute atomic E-state index is 11.0. The van der Waals surface area contributed by atoms with E-state index in [1.807, 2.05) is 48.5 Å². The van der Waals surface area contributed by atoms with Crippen LogP contribution in [0.3, 0.4) is 0 Å². The van der Waals surface area contributed by atoms with Crippen molar-refractivity contribution in [1.82, 2.24) is 11.0 Å². The molecule has 190 valence electrons. The van der Waals surface area contributed by atoms with Crippen molar-refractivity contribution in [2.75, 3.05) is 0 Å². The predicted molar refractivity (Wildman–Crippen MR) is 141 cm³/mol. The van der Waals surface area contributed by atoms with E-state index in [1.165, 1.54) is 0 Å². The summed E-state index contributed by atoms with van der Waals surface area (Å²) in [7, 11) is 0. The first kappa shape index (κ1) is 29.0. The van der Waals surface area contributed by atoms with E-state index in [1.54, 1.807) is 72.8 Å². The van der Waals surface area contributed by atoms with Gasteiger partial charge in [-0.3, -0.25) is 21.4 Å². The van der Waals surface area contributed by atoms with Gasteiger partial charge in [0, 0.05) is 42.7 Å². The standard InChI is InChI=1S/2C14H12N2O2.Pd/c2*17-15-13(11-7-3-1-4-8-11)14(16-18)12-9-5-2-6-10-12;/h2*1-10,15,17H;/b2*14-13-;. The van der Waals surface area contributed by atoms with Gasteiger partial charge >= 0.3 is 0 Å². The van der Waals surface area contributed by atoms with E-state index < -0.39 is 0 Å². The second kappa shape index (κ2) is 15.7. The fraction of sp³-hybridized carbons (Fsp3) is 0. The molecule has 0 aliphatic carbocycles. The summed E-state index contributed by atoms with van der Waals surface area (Å²) in [6.07, 6.45) is 0. The first-order valence-electron chi connectivity index (χ1n) is 10.9. The van der Waals surface area contributed by atoms with Crippen LogP contribution in [-0.2, 0) is 20.4 Å². The Hall–Kier alpha value is -4.26. The molecule has 0 saturated carbocycles. The zero-order valence-corrected chi connectivity index (χ0v) is 21.0. The molecule has 0 heterocycles. The molecule has 0 amide bonds. The molecule has 4 aromatic carbocycles. The van der Waals surface area contributed by atoms with Crippen LogP contribution in [0.5, 0.6) is 0 Å². The number of rotatable bonds is 8. The van der Waals surface area contributed by atoms with Gasteiger partial charge in [-0.25, -0.2) is 0 Å². The third kappa shape index (κ3) is 7.87. The Kier molecular flexibility index (Phi) is 12.3. The van der Waals surface area contributed by atoms with Gasteiger partial charge in [0.05, 0.1) is 11.4 Å². The van der Waals surface area contributed by atoms with Gasteiger partial charge in [-0.15, -0.1) is 9.81 Å². The normalized spacial score (nSPS) is 11.3. The first-order chi connectivity index (χ1) is 17.7. The van der Waals surface area contributed by atoms with Crippen LogP contribution in [0.1, 0.15) is 22.3 Å². The SMILES string of the molecule is O=N/C(=C(\NO)c1ccccc1)c1ccccc1.O=N/C(=C(\NO)c1ccccc1)c1ccccc1.[Pd]. The van der Waals surface area contributed by atoms with E-state index in [-0.39, 0.29) is 43.2 Å². The number of nitrogens with zero attached hydrogens (tertiary/aromatic N) is 2. The van der Waals surface area contributed by atoms with Gasteiger partial charge in [0.25, 0.3) is 0 Å². The molecule has 0 bridgehead atoms. The van der Waals surface area contributed by atoms with Crippen molar-refractivity contribution in [1.29, 1.82) is 0 Å². The second-order valence-electron chi connectivity index (χ2n) is 7.32. The molecular formula is C28H24N4O4Pd. The van der Waals surface area contributed by atoms with Crippen molar-refractivity contribution in [3.05, 3.63) is 153 Å². The van der Waals surface area contributed by atoms with Gasteiger partial charge in [-0.2, -0.15) is 0 Å². The van der Waals surface area contributed by atoms with Crippen molar-refractivity contribution in [3.8, 4) is 0 Å². The summed E-state index contributed by atoms with van der Waals surface area (Å²) >= 11 is 0. The second-order valence-corrected chi connectivity index (χ2v) is 7.32. The molecule has 4 N–H and O–H groups in total.